The van der Waals surface area contributed by atoms with Crippen LogP contribution in [0, 0.1) is 0 Å². The third kappa shape index (κ3) is 3.38. The van der Waals surface area contributed by atoms with Gasteiger partial charge in [0.15, 0.2) is 11.5 Å². The number of benzene rings is 2. The highest BCUT2D eigenvalue weighted by Crippen LogP contribution is 2.41. The number of aromatic amines is 1. The van der Waals surface area contributed by atoms with Crippen molar-refractivity contribution < 1.29 is 9.47 Å². The Bertz CT molecular complexity index is 1090. The molecule has 1 aromatic heterocycles. The Labute approximate surface area is 169 Å². The van der Waals surface area contributed by atoms with Gasteiger partial charge in [-0.15, -0.1) is 0 Å². The summed E-state index contributed by atoms with van der Waals surface area (Å²) in [5, 5.41) is 0.629. The highest BCUT2D eigenvalue weighted by atomic mass is 16.5. The molecule has 150 valence electrons. The Morgan fingerprint density at radius 3 is 2.83 bits per heavy atom. The Hall–Kier alpha value is -2.86. The highest BCUT2D eigenvalue weighted by molar-refractivity contribution is 5.77. The van der Waals surface area contributed by atoms with Gasteiger partial charge in [-0.2, -0.15) is 0 Å². The minimum Gasteiger partial charge on any atom is -0.490 e. The summed E-state index contributed by atoms with van der Waals surface area (Å²) in [5.74, 6) is 2.37. The number of hydrogen-bond acceptors (Lipinski definition) is 5. The lowest BCUT2D eigenvalue weighted by Gasteiger charge is -2.30. The fourth-order valence-corrected chi connectivity index (χ4v) is 4.46. The van der Waals surface area contributed by atoms with Crippen LogP contribution in [0.2, 0.25) is 0 Å². The number of ether oxygens (including phenoxy) is 2. The van der Waals surface area contributed by atoms with E-state index in [0.717, 1.165) is 48.6 Å². The zero-order valence-corrected chi connectivity index (χ0v) is 16.6. The van der Waals surface area contributed by atoms with E-state index in [1.807, 2.05) is 30.3 Å². The van der Waals surface area contributed by atoms with Crippen LogP contribution in [0.5, 0.6) is 11.5 Å². The molecule has 0 bridgehead atoms. The second-order valence-corrected chi connectivity index (χ2v) is 7.80. The fraction of sp³-hybridized carbons (Fsp3) is 0.391. The molecule has 0 radical (unpaired) electrons. The maximum Gasteiger partial charge on any atom is 0.258 e. The zero-order chi connectivity index (χ0) is 19.8. The van der Waals surface area contributed by atoms with Crippen LogP contribution < -0.4 is 15.0 Å². The number of hydrogen-bond donors (Lipinski definition) is 1. The van der Waals surface area contributed by atoms with E-state index in [1.165, 1.54) is 5.56 Å². The zero-order valence-electron chi connectivity index (χ0n) is 16.6. The predicted molar refractivity (Wildman–Crippen MR) is 112 cm³/mol. The molecule has 1 fully saturated rings. The van der Waals surface area contributed by atoms with Crippen molar-refractivity contribution in [3.05, 3.63) is 64.2 Å². The quantitative estimate of drug-likeness (QED) is 0.731. The van der Waals surface area contributed by atoms with E-state index in [9.17, 15) is 4.79 Å². The summed E-state index contributed by atoms with van der Waals surface area (Å²) in [5.41, 5.74) is 1.88. The van der Waals surface area contributed by atoms with E-state index in [4.69, 9.17) is 14.5 Å². The van der Waals surface area contributed by atoms with Gasteiger partial charge < -0.3 is 14.5 Å². The van der Waals surface area contributed by atoms with Gasteiger partial charge in [-0.05, 0) is 56.1 Å². The van der Waals surface area contributed by atoms with E-state index in [-0.39, 0.29) is 17.6 Å². The number of likely N-dealkylation sites (tertiary alicyclic amines) is 1. The van der Waals surface area contributed by atoms with Crippen molar-refractivity contribution in [2.24, 2.45) is 0 Å². The van der Waals surface area contributed by atoms with E-state index in [1.54, 1.807) is 0 Å². The first-order valence-corrected chi connectivity index (χ1v) is 10.3. The SMILES string of the molecule is CC(c1nc2ccccc2c(=O)[nH]1)N1CCCC1c1ccc2c(c1)OCCCO2. The van der Waals surface area contributed by atoms with Crippen molar-refractivity contribution in [3.8, 4) is 11.5 Å². The Kier molecular flexibility index (Phi) is 4.72. The van der Waals surface area contributed by atoms with Crippen molar-refractivity contribution in [3.63, 3.8) is 0 Å². The van der Waals surface area contributed by atoms with Crippen LogP contribution in [0.1, 0.15) is 49.7 Å². The third-order valence-corrected chi connectivity index (χ3v) is 5.97. The Balaban J connectivity index is 1.46. The molecule has 2 atom stereocenters. The normalized spacial score (nSPS) is 20.5. The van der Waals surface area contributed by atoms with Crippen molar-refractivity contribution in [2.75, 3.05) is 19.8 Å². The number of nitrogens with one attached hydrogen (secondary N) is 1. The molecule has 29 heavy (non-hydrogen) atoms. The summed E-state index contributed by atoms with van der Waals surface area (Å²) in [6, 6.07) is 14.0. The van der Waals surface area contributed by atoms with Crippen molar-refractivity contribution in [1.82, 2.24) is 14.9 Å². The lowest BCUT2D eigenvalue weighted by Crippen LogP contribution is -2.29. The molecule has 5 rings (SSSR count). The maximum absolute atomic E-state index is 12.5. The van der Waals surface area contributed by atoms with E-state index in [0.29, 0.717) is 18.6 Å². The molecule has 3 heterocycles. The monoisotopic (exact) mass is 391 g/mol. The molecule has 2 aliphatic rings. The van der Waals surface area contributed by atoms with E-state index >= 15 is 0 Å². The number of aromatic nitrogens is 2. The Morgan fingerprint density at radius 2 is 1.93 bits per heavy atom. The van der Waals surface area contributed by atoms with Gasteiger partial charge in [0.1, 0.15) is 5.82 Å². The van der Waals surface area contributed by atoms with Crippen molar-refractivity contribution >= 4 is 10.9 Å². The average molecular weight is 391 g/mol. The fourth-order valence-electron chi connectivity index (χ4n) is 4.46. The summed E-state index contributed by atoms with van der Waals surface area (Å²) in [7, 11) is 0. The first-order chi connectivity index (χ1) is 14.2. The van der Waals surface area contributed by atoms with Crippen molar-refractivity contribution in [1.29, 1.82) is 0 Å². The van der Waals surface area contributed by atoms with E-state index in [2.05, 4.69) is 28.9 Å². The van der Waals surface area contributed by atoms with E-state index < -0.39 is 0 Å². The molecule has 6 heteroatoms. The van der Waals surface area contributed by atoms with Crippen LogP contribution in [0.25, 0.3) is 10.9 Å². The van der Waals surface area contributed by atoms with Gasteiger partial charge in [-0.1, -0.05) is 18.2 Å². The van der Waals surface area contributed by atoms with Gasteiger partial charge in [-0.3, -0.25) is 9.69 Å². The molecule has 0 saturated carbocycles. The molecule has 1 N–H and O–H groups in total. The second kappa shape index (κ2) is 7.52. The van der Waals surface area contributed by atoms with Crippen LogP contribution >= 0.6 is 0 Å². The molecular weight excluding hydrogens is 366 g/mol. The van der Waals surface area contributed by atoms with Crippen LogP contribution in [-0.2, 0) is 0 Å². The predicted octanol–water partition coefficient (Wildman–Crippen LogP) is 3.98. The average Bonchev–Trinajstić information content (AvgIpc) is 3.11. The summed E-state index contributed by atoms with van der Waals surface area (Å²) >= 11 is 0. The lowest BCUT2D eigenvalue weighted by atomic mass is 10.0. The molecule has 0 spiro atoms. The van der Waals surface area contributed by atoms with Crippen molar-refractivity contribution in [2.45, 2.75) is 38.3 Å². The minimum atomic E-state index is -0.0798. The summed E-state index contributed by atoms with van der Waals surface area (Å²) in [4.78, 5) is 22.7. The number of para-hydroxylation sites is 1. The molecule has 0 amide bonds. The standard InChI is InChI=1S/C23H25N3O3/c1-15(22-24-18-7-3-2-6-17(18)23(27)25-22)26-11-4-8-19(26)16-9-10-20-21(14-16)29-13-5-12-28-20/h2-3,6-7,9-10,14-15,19H,4-5,8,11-13H2,1H3,(H,24,25,27). The van der Waals surface area contributed by atoms with Crippen LogP contribution in [0.3, 0.4) is 0 Å². The largest absolute Gasteiger partial charge is 0.490 e. The highest BCUT2D eigenvalue weighted by Gasteiger charge is 2.32. The van der Waals surface area contributed by atoms with Gasteiger partial charge in [-0.25, -0.2) is 4.98 Å². The van der Waals surface area contributed by atoms with Gasteiger partial charge in [0.05, 0.1) is 30.2 Å². The first-order valence-electron chi connectivity index (χ1n) is 10.3. The van der Waals surface area contributed by atoms with Crippen LogP contribution in [0.15, 0.2) is 47.3 Å². The molecular formula is C23H25N3O3. The number of rotatable bonds is 3. The number of fused-ring (bicyclic) bond motifs is 2. The van der Waals surface area contributed by atoms with Gasteiger partial charge in [0, 0.05) is 12.5 Å². The molecule has 2 aliphatic heterocycles. The van der Waals surface area contributed by atoms with Crippen LogP contribution in [-0.4, -0.2) is 34.6 Å². The molecule has 6 nitrogen and oxygen atoms in total. The first kappa shape index (κ1) is 18.2. The van der Waals surface area contributed by atoms with Crippen LogP contribution in [0.4, 0.5) is 0 Å². The molecule has 3 aromatic rings. The lowest BCUT2D eigenvalue weighted by molar-refractivity contribution is 0.186. The minimum absolute atomic E-state index is 0.00999. The summed E-state index contributed by atoms with van der Waals surface area (Å²) in [6.45, 7) is 4.47. The second-order valence-electron chi connectivity index (χ2n) is 7.80. The van der Waals surface area contributed by atoms with Gasteiger partial charge in [0.25, 0.3) is 5.56 Å². The smallest absolute Gasteiger partial charge is 0.258 e. The summed E-state index contributed by atoms with van der Waals surface area (Å²) < 4.78 is 11.7. The topological polar surface area (TPSA) is 67.5 Å². The molecule has 0 aliphatic carbocycles. The summed E-state index contributed by atoms with van der Waals surface area (Å²) in [6.07, 6.45) is 3.08. The maximum atomic E-state index is 12.5. The molecule has 2 unspecified atom stereocenters. The van der Waals surface area contributed by atoms with Gasteiger partial charge in [0.2, 0.25) is 0 Å². The molecule has 1 saturated heterocycles. The Morgan fingerprint density at radius 1 is 1.10 bits per heavy atom. The molecule has 2 aromatic carbocycles. The van der Waals surface area contributed by atoms with Gasteiger partial charge >= 0.3 is 0 Å². The number of H-pyrrole nitrogens is 1. The third-order valence-electron chi connectivity index (χ3n) is 5.97. The number of nitrogens with zero attached hydrogens (tertiary/aromatic N) is 2.